The Morgan fingerprint density at radius 3 is 2.84 bits per heavy atom. The van der Waals surface area contributed by atoms with Gasteiger partial charge in [-0.3, -0.25) is 9.99 Å². The van der Waals surface area contributed by atoms with Crippen LogP contribution in [0.4, 0.5) is 0 Å². The van der Waals surface area contributed by atoms with Crippen molar-refractivity contribution in [2.24, 2.45) is 5.10 Å². The summed E-state index contributed by atoms with van der Waals surface area (Å²) in [5.41, 5.74) is 3.56. The molecule has 1 aliphatic heterocycles. The lowest BCUT2D eigenvalue weighted by atomic mass is 9.94. The van der Waals surface area contributed by atoms with Gasteiger partial charge in [-0.2, -0.15) is 5.10 Å². The van der Waals surface area contributed by atoms with Crippen LogP contribution in [0, 0.1) is 0 Å². The SMILES string of the molecule is CC=CN1N=Cc2ccccc2C1c1cccnc1. The first-order valence-corrected chi connectivity index (χ1v) is 6.34. The average molecular weight is 249 g/mol. The number of rotatable bonds is 2. The predicted molar refractivity (Wildman–Crippen MR) is 76.8 cm³/mol. The molecule has 0 fully saturated rings. The van der Waals surface area contributed by atoms with E-state index in [-0.39, 0.29) is 6.04 Å². The van der Waals surface area contributed by atoms with Gasteiger partial charge in [0.05, 0.1) is 6.21 Å². The van der Waals surface area contributed by atoms with Crippen molar-refractivity contribution in [1.29, 1.82) is 0 Å². The van der Waals surface area contributed by atoms with E-state index in [4.69, 9.17) is 0 Å². The fraction of sp³-hybridized carbons (Fsp3) is 0.125. The molecule has 19 heavy (non-hydrogen) atoms. The van der Waals surface area contributed by atoms with Crippen LogP contribution in [0.25, 0.3) is 0 Å². The summed E-state index contributed by atoms with van der Waals surface area (Å²) in [6, 6.07) is 12.5. The summed E-state index contributed by atoms with van der Waals surface area (Å²) >= 11 is 0. The highest BCUT2D eigenvalue weighted by Gasteiger charge is 2.24. The van der Waals surface area contributed by atoms with Gasteiger partial charge in [-0.15, -0.1) is 0 Å². The Morgan fingerprint density at radius 1 is 1.16 bits per heavy atom. The highest BCUT2D eigenvalue weighted by molar-refractivity contribution is 5.83. The van der Waals surface area contributed by atoms with Crippen molar-refractivity contribution in [2.75, 3.05) is 0 Å². The van der Waals surface area contributed by atoms with Gasteiger partial charge in [-0.25, -0.2) is 0 Å². The molecule has 0 saturated carbocycles. The van der Waals surface area contributed by atoms with E-state index in [2.05, 4.69) is 34.4 Å². The van der Waals surface area contributed by atoms with Crippen LogP contribution in [0.2, 0.25) is 0 Å². The third-order valence-electron chi connectivity index (χ3n) is 3.19. The summed E-state index contributed by atoms with van der Waals surface area (Å²) in [6.07, 6.45) is 9.58. The smallest absolute Gasteiger partial charge is 0.104 e. The maximum absolute atomic E-state index is 4.51. The fourth-order valence-electron chi connectivity index (χ4n) is 2.36. The number of fused-ring (bicyclic) bond motifs is 1. The molecule has 0 amide bonds. The van der Waals surface area contributed by atoms with E-state index in [1.807, 2.05) is 48.8 Å². The number of hydrogen-bond donors (Lipinski definition) is 0. The van der Waals surface area contributed by atoms with Crippen LogP contribution in [-0.4, -0.2) is 16.2 Å². The van der Waals surface area contributed by atoms with Crippen LogP contribution < -0.4 is 0 Å². The fourth-order valence-corrected chi connectivity index (χ4v) is 2.36. The Kier molecular flexibility index (Phi) is 3.11. The number of allylic oxidation sites excluding steroid dienone is 1. The Hall–Kier alpha value is -2.42. The molecule has 2 aromatic rings. The minimum atomic E-state index is 0.0890. The second-order valence-corrected chi connectivity index (χ2v) is 4.42. The molecule has 1 atom stereocenters. The maximum Gasteiger partial charge on any atom is 0.104 e. The van der Waals surface area contributed by atoms with Crippen LogP contribution in [0.3, 0.4) is 0 Å². The maximum atomic E-state index is 4.51. The lowest BCUT2D eigenvalue weighted by Crippen LogP contribution is -2.24. The van der Waals surface area contributed by atoms with Gasteiger partial charge in [-0.05, 0) is 24.1 Å². The molecule has 0 bridgehead atoms. The first-order chi connectivity index (χ1) is 9.40. The van der Waals surface area contributed by atoms with Crippen molar-refractivity contribution >= 4 is 6.21 Å². The zero-order chi connectivity index (χ0) is 13.1. The summed E-state index contributed by atoms with van der Waals surface area (Å²) in [6.45, 7) is 2.00. The zero-order valence-electron chi connectivity index (χ0n) is 10.8. The Bertz CT molecular complexity index is 617. The molecule has 3 nitrogen and oxygen atoms in total. The summed E-state index contributed by atoms with van der Waals surface area (Å²) in [5.74, 6) is 0. The lowest BCUT2D eigenvalue weighted by molar-refractivity contribution is 0.329. The molecule has 1 unspecified atom stereocenters. The minimum Gasteiger partial charge on any atom is -0.264 e. The molecule has 3 heteroatoms. The van der Waals surface area contributed by atoms with Crippen molar-refractivity contribution in [3.8, 4) is 0 Å². The molecular formula is C16H15N3. The number of aromatic nitrogens is 1. The Labute approximate surface area is 112 Å². The Morgan fingerprint density at radius 2 is 2.05 bits per heavy atom. The van der Waals surface area contributed by atoms with Gasteiger partial charge in [0.2, 0.25) is 0 Å². The quantitative estimate of drug-likeness (QED) is 0.816. The molecule has 2 heterocycles. The molecule has 1 aliphatic rings. The highest BCUT2D eigenvalue weighted by Crippen LogP contribution is 2.33. The van der Waals surface area contributed by atoms with Crippen molar-refractivity contribution in [3.63, 3.8) is 0 Å². The van der Waals surface area contributed by atoms with E-state index < -0.39 is 0 Å². The molecule has 0 N–H and O–H groups in total. The first kappa shape index (κ1) is 11.7. The number of hydrazone groups is 1. The molecule has 0 saturated heterocycles. The monoisotopic (exact) mass is 249 g/mol. The molecule has 94 valence electrons. The van der Waals surface area contributed by atoms with Gasteiger partial charge in [0.25, 0.3) is 0 Å². The minimum absolute atomic E-state index is 0.0890. The van der Waals surface area contributed by atoms with Crippen LogP contribution in [0.5, 0.6) is 0 Å². The summed E-state index contributed by atoms with van der Waals surface area (Å²) in [4.78, 5) is 4.22. The topological polar surface area (TPSA) is 28.5 Å². The largest absolute Gasteiger partial charge is 0.264 e. The number of hydrogen-bond acceptors (Lipinski definition) is 3. The van der Waals surface area contributed by atoms with Crippen LogP contribution in [0.1, 0.15) is 29.7 Å². The first-order valence-electron chi connectivity index (χ1n) is 6.34. The van der Waals surface area contributed by atoms with Crippen molar-refractivity contribution in [2.45, 2.75) is 13.0 Å². The Balaban J connectivity index is 2.13. The molecule has 0 radical (unpaired) electrons. The number of pyridine rings is 1. The second-order valence-electron chi connectivity index (χ2n) is 4.42. The highest BCUT2D eigenvalue weighted by atomic mass is 15.5. The van der Waals surface area contributed by atoms with Gasteiger partial charge in [0.1, 0.15) is 6.04 Å². The van der Waals surface area contributed by atoms with Crippen molar-refractivity contribution < 1.29 is 0 Å². The van der Waals surface area contributed by atoms with Gasteiger partial charge < -0.3 is 0 Å². The van der Waals surface area contributed by atoms with E-state index in [1.165, 1.54) is 5.56 Å². The van der Waals surface area contributed by atoms with Gasteiger partial charge >= 0.3 is 0 Å². The lowest BCUT2D eigenvalue weighted by Gasteiger charge is -2.31. The molecule has 0 spiro atoms. The normalized spacial score (nSPS) is 17.7. The third kappa shape index (κ3) is 2.15. The predicted octanol–water partition coefficient (Wildman–Crippen LogP) is 3.35. The van der Waals surface area contributed by atoms with Crippen molar-refractivity contribution in [1.82, 2.24) is 9.99 Å². The standard InChI is InChI=1S/C16H15N3/c1-2-10-19-16(14-7-5-9-17-11-14)15-8-4-3-6-13(15)12-18-19/h2-12,16H,1H3. The van der Waals surface area contributed by atoms with Gasteiger partial charge in [0, 0.05) is 24.2 Å². The molecule has 1 aromatic carbocycles. The average Bonchev–Trinajstić information content (AvgIpc) is 2.48. The molecular weight excluding hydrogens is 234 g/mol. The van der Waals surface area contributed by atoms with E-state index >= 15 is 0 Å². The van der Waals surface area contributed by atoms with Crippen LogP contribution >= 0.6 is 0 Å². The van der Waals surface area contributed by atoms with Crippen LogP contribution in [0.15, 0.2) is 66.2 Å². The number of nitrogens with zero attached hydrogens (tertiary/aromatic N) is 3. The van der Waals surface area contributed by atoms with Crippen molar-refractivity contribution in [3.05, 3.63) is 77.8 Å². The van der Waals surface area contributed by atoms with E-state index in [1.54, 1.807) is 6.20 Å². The third-order valence-corrected chi connectivity index (χ3v) is 3.19. The van der Waals surface area contributed by atoms with Gasteiger partial charge in [-0.1, -0.05) is 36.4 Å². The molecule has 3 rings (SSSR count). The summed E-state index contributed by atoms with van der Waals surface area (Å²) in [7, 11) is 0. The summed E-state index contributed by atoms with van der Waals surface area (Å²) < 4.78 is 0. The van der Waals surface area contributed by atoms with Gasteiger partial charge in [0.15, 0.2) is 0 Å². The van der Waals surface area contributed by atoms with Crippen LogP contribution in [-0.2, 0) is 0 Å². The van der Waals surface area contributed by atoms with E-state index in [0.717, 1.165) is 11.1 Å². The second kappa shape index (κ2) is 5.06. The van der Waals surface area contributed by atoms with E-state index in [0.29, 0.717) is 0 Å². The molecule has 0 aliphatic carbocycles. The number of benzene rings is 1. The zero-order valence-corrected chi connectivity index (χ0v) is 10.8. The van der Waals surface area contributed by atoms with E-state index in [9.17, 15) is 0 Å². The summed E-state index contributed by atoms with van der Waals surface area (Å²) in [5, 5.41) is 6.48. The molecule has 1 aromatic heterocycles.